The number of nitrogens with one attached hydrogen (secondary N) is 2. The van der Waals surface area contributed by atoms with Crippen molar-refractivity contribution in [3.63, 3.8) is 0 Å². The lowest BCUT2D eigenvalue weighted by Crippen LogP contribution is -2.28. The molecule has 4 rings (SSSR count). The lowest BCUT2D eigenvalue weighted by molar-refractivity contribution is 0.293. The van der Waals surface area contributed by atoms with E-state index in [4.69, 9.17) is 0 Å². The van der Waals surface area contributed by atoms with Gasteiger partial charge in [-0.25, -0.2) is 0 Å². The Labute approximate surface area is 193 Å². The van der Waals surface area contributed by atoms with Gasteiger partial charge in [0.25, 0.3) is 0 Å². The second-order valence-electron chi connectivity index (χ2n) is 8.90. The minimum Gasteiger partial charge on any atom is -0.313 e. The zero-order valence-electron chi connectivity index (χ0n) is 19.3. The maximum atomic E-state index is 4.68. The Kier molecular flexibility index (Phi) is 8.43. The van der Waals surface area contributed by atoms with Crippen LogP contribution in [0, 0.1) is 0 Å². The summed E-state index contributed by atoms with van der Waals surface area (Å²) in [6, 6.07) is 24.5. The van der Waals surface area contributed by atoms with Crippen LogP contribution in [0.5, 0.6) is 0 Å². The van der Waals surface area contributed by atoms with Crippen molar-refractivity contribution in [2.75, 3.05) is 26.7 Å². The molecule has 0 spiro atoms. The summed E-state index contributed by atoms with van der Waals surface area (Å²) in [5, 5.41) is 7.11. The van der Waals surface area contributed by atoms with E-state index in [1.807, 2.05) is 6.20 Å². The van der Waals surface area contributed by atoms with Crippen LogP contribution in [0.15, 0.2) is 72.9 Å². The largest absolute Gasteiger partial charge is 0.313 e. The quantitative estimate of drug-likeness (QED) is 0.436. The topological polar surface area (TPSA) is 40.2 Å². The molecule has 0 saturated carbocycles. The van der Waals surface area contributed by atoms with Gasteiger partial charge in [-0.2, -0.15) is 0 Å². The van der Waals surface area contributed by atoms with Crippen LogP contribution in [0.25, 0.3) is 11.3 Å². The third-order valence-electron chi connectivity index (χ3n) is 6.49. The van der Waals surface area contributed by atoms with Crippen LogP contribution in [-0.2, 0) is 19.5 Å². The lowest BCUT2D eigenvalue weighted by atomic mass is 10.1. The molecule has 0 aliphatic carbocycles. The number of hydrogen-bond acceptors (Lipinski definition) is 4. The molecule has 0 bridgehead atoms. The fourth-order valence-electron chi connectivity index (χ4n) is 4.45. The molecule has 2 aromatic carbocycles. The number of pyridine rings is 1. The predicted molar refractivity (Wildman–Crippen MR) is 134 cm³/mol. The summed E-state index contributed by atoms with van der Waals surface area (Å²) in [5.41, 5.74) is 6.11. The molecule has 2 N–H and O–H groups in total. The van der Waals surface area contributed by atoms with Crippen LogP contribution in [0.3, 0.4) is 0 Å². The van der Waals surface area contributed by atoms with Gasteiger partial charge in [-0.3, -0.25) is 4.98 Å². The van der Waals surface area contributed by atoms with Crippen molar-refractivity contribution >= 4 is 0 Å². The van der Waals surface area contributed by atoms with Gasteiger partial charge in [0.1, 0.15) is 0 Å². The molecule has 1 saturated heterocycles. The minimum atomic E-state index is 0.762. The predicted octanol–water partition coefficient (Wildman–Crippen LogP) is 4.65. The Morgan fingerprint density at radius 2 is 1.59 bits per heavy atom. The summed E-state index contributed by atoms with van der Waals surface area (Å²) in [7, 11) is 2.25. The highest BCUT2D eigenvalue weighted by atomic mass is 15.1. The molecule has 1 aromatic heterocycles. The molecule has 168 valence electrons. The summed E-state index contributed by atoms with van der Waals surface area (Å²) in [4.78, 5) is 7.18. The first-order valence-electron chi connectivity index (χ1n) is 12.0. The fourth-order valence-corrected chi connectivity index (χ4v) is 4.45. The molecule has 1 aliphatic heterocycles. The van der Waals surface area contributed by atoms with Gasteiger partial charge in [0.15, 0.2) is 0 Å². The monoisotopic (exact) mass is 428 g/mol. The van der Waals surface area contributed by atoms with E-state index in [9.17, 15) is 0 Å². The van der Waals surface area contributed by atoms with E-state index in [2.05, 4.69) is 94.3 Å². The molecule has 4 nitrogen and oxygen atoms in total. The van der Waals surface area contributed by atoms with Crippen molar-refractivity contribution in [1.82, 2.24) is 20.5 Å². The Morgan fingerprint density at radius 3 is 2.31 bits per heavy atom. The molecular weight excluding hydrogens is 392 g/mol. The summed E-state index contributed by atoms with van der Waals surface area (Å²) in [6.45, 7) is 5.09. The second-order valence-corrected chi connectivity index (χ2v) is 8.90. The van der Waals surface area contributed by atoms with E-state index in [-0.39, 0.29) is 0 Å². The SMILES string of the molecule is CN1CCCC1CCNCc1ccc(-c2ccc(CNCCc3ccccc3)cn2)cc1. The smallest absolute Gasteiger partial charge is 0.0702 e. The Bertz CT molecular complexity index is 922. The second kappa shape index (κ2) is 11.9. The maximum Gasteiger partial charge on any atom is 0.0702 e. The molecule has 0 amide bonds. The molecule has 1 atom stereocenters. The van der Waals surface area contributed by atoms with Gasteiger partial charge in [0, 0.05) is 30.9 Å². The molecule has 3 aromatic rings. The van der Waals surface area contributed by atoms with E-state index in [0.29, 0.717) is 0 Å². The van der Waals surface area contributed by atoms with Crippen molar-refractivity contribution < 1.29 is 0 Å². The number of likely N-dealkylation sites (tertiary alicyclic amines) is 1. The highest BCUT2D eigenvalue weighted by molar-refractivity contribution is 5.59. The van der Waals surface area contributed by atoms with E-state index in [0.717, 1.165) is 44.3 Å². The zero-order valence-corrected chi connectivity index (χ0v) is 19.3. The highest BCUT2D eigenvalue weighted by Gasteiger charge is 2.19. The standard InChI is InChI=1S/C28H36N4/c1-32-19-5-8-27(32)16-18-30-20-24-9-12-26(13-10-24)28-14-11-25(22-31-28)21-29-17-15-23-6-3-2-4-7-23/h2-4,6-7,9-14,22,27,29-30H,5,8,15-21H2,1H3. The number of hydrogen-bond donors (Lipinski definition) is 2. The van der Waals surface area contributed by atoms with Gasteiger partial charge in [-0.05, 0) is 75.1 Å². The summed E-state index contributed by atoms with van der Waals surface area (Å²) in [5.74, 6) is 0. The van der Waals surface area contributed by atoms with E-state index in [1.54, 1.807) is 0 Å². The highest BCUT2D eigenvalue weighted by Crippen LogP contribution is 2.19. The average Bonchev–Trinajstić information content (AvgIpc) is 3.26. The van der Waals surface area contributed by atoms with Gasteiger partial charge in [0.2, 0.25) is 0 Å². The van der Waals surface area contributed by atoms with Crippen LogP contribution in [0.4, 0.5) is 0 Å². The lowest BCUT2D eigenvalue weighted by Gasteiger charge is -2.19. The summed E-state index contributed by atoms with van der Waals surface area (Å²) >= 11 is 0. The van der Waals surface area contributed by atoms with E-state index < -0.39 is 0 Å². The van der Waals surface area contributed by atoms with Crippen molar-refractivity contribution in [2.24, 2.45) is 0 Å². The molecular formula is C28H36N4. The molecule has 32 heavy (non-hydrogen) atoms. The number of nitrogens with zero attached hydrogens (tertiary/aromatic N) is 2. The van der Waals surface area contributed by atoms with Crippen molar-refractivity contribution in [3.8, 4) is 11.3 Å². The third-order valence-corrected chi connectivity index (χ3v) is 6.49. The normalized spacial score (nSPS) is 16.5. The molecule has 1 aliphatic rings. The van der Waals surface area contributed by atoms with E-state index >= 15 is 0 Å². The average molecular weight is 429 g/mol. The number of rotatable bonds is 11. The zero-order chi connectivity index (χ0) is 22.0. The Hall–Kier alpha value is -2.53. The van der Waals surface area contributed by atoms with Gasteiger partial charge in [0.05, 0.1) is 5.69 Å². The van der Waals surface area contributed by atoms with Crippen molar-refractivity contribution in [3.05, 3.63) is 89.6 Å². The summed E-state index contributed by atoms with van der Waals surface area (Å²) in [6.07, 6.45) is 6.97. The van der Waals surface area contributed by atoms with Crippen LogP contribution in [0.1, 0.15) is 36.0 Å². The third kappa shape index (κ3) is 6.73. The van der Waals surface area contributed by atoms with Crippen LogP contribution < -0.4 is 10.6 Å². The molecule has 0 radical (unpaired) electrons. The maximum absolute atomic E-state index is 4.68. The van der Waals surface area contributed by atoms with E-state index in [1.165, 1.54) is 48.1 Å². The first-order valence-corrected chi connectivity index (χ1v) is 12.0. The molecule has 1 unspecified atom stereocenters. The van der Waals surface area contributed by atoms with Crippen molar-refractivity contribution in [1.29, 1.82) is 0 Å². The minimum absolute atomic E-state index is 0.762. The van der Waals surface area contributed by atoms with Gasteiger partial charge in [-0.1, -0.05) is 60.7 Å². The number of benzene rings is 2. The van der Waals surface area contributed by atoms with Crippen LogP contribution >= 0.6 is 0 Å². The first-order chi connectivity index (χ1) is 15.8. The van der Waals surface area contributed by atoms with Gasteiger partial charge < -0.3 is 15.5 Å². The number of aromatic nitrogens is 1. The molecule has 2 heterocycles. The Balaban J connectivity index is 1.18. The van der Waals surface area contributed by atoms with Crippen molar-refractivity contribution in [2.45, 2.75) is 44.8 Å². The van der Waals surface area contributed by atoms with Gasteiger partial charge >= 0.3 is 0 Å². The Morgan fingerprint density at radius 1 is 0.844 bits per heavy atom. The molecule has 4 heteroatoms. The van der Waals surface area contributed by atoms with Gasteiger partial charge in [-0.15, -0.1) is 0 Å². The summed E-state index contributed by atoms with van der Waals surface area (Å²) < 4.78 is 0. The fraction of sp³-hybridized carbons (Fsp3) is 0.393. The van der Waals surface area contributed by atoms with Crippen LogP contribution in [-0.4, -0.2) is 42.6 Å². The first kappa shape index (κ1) is 22.7. The molecule has 1 fully saturated rings. The van der Waals surface area contributed by atoms with Crippen LogP contribution in [0.2, 0.25) is 0 Å².